The van der Waals surface area contributed by atoms with Gasteiger partial charge in [0.25, 0.3) is 0 Å². The molecule has 6 heteroatoms. The van der Waals surface area contributed by atoms with Crippen LogP contribution in [0.4, 0.5) is 5.82 Å². The Morgan fingerprint density at radius 1 is 1.15 bits per heavy atom. The second kappa shape index (κ2) is 8.33. The van der Waals surface area contributed by atoms with Crippen LogP contribution in [0.3, 0.4) is 0 Å². The van der Waals surface area contributed by atoms with Gasteiger partial charge in [0.2, 0.25) is 0 Å². The molecule has 2 aromatic heterocycles. The van der Waals surface area contributed by atoms with E-state index < -0.39 is 0 Å². The largest absolute Gasteiger partial charge is 0.379 e. The molecule has 142 valence electrons. The summed E-state index contributed by atoms with van der Waals surface area (Å²) in [6.07, 6.45) is 0. The second-order valence-corrected chi connectivity index (χ2v) is 8.51. The van der Waals surface area contributed by atoms with Gasteiger partial charge in [-0.25, -0.2) is 9.97 Å². The third-order valence-electron chi connectivity index (χ3n) is 4.86. The molecule has 1 aliphatic heterocycles. The zero-order valence-corrected chi connectivity index (χ0v) is 16.8. The summed E-state index contributed by atoms with van der Waals surface area (Å²) in [7, 11) is 0. The van der Waals surface area contributed by atoms with E-state index in [4.69, 9.17) is 14.7 Å². The predicted molar refractivity (Wildman–Crippen MR) is 113 cm³/mol. The van der Waals surface area contributed by atoms with Crippen LogP contribution in [-0.4, -0.2) is 54.3 Å². The number of hydrogen-bond acceptors (Lipinski definition) is 6. The molecule has 1 N–H and O–H groups in total. The minimum atomic E-state index is 0.532. The van der Waals surface area contributed by atoms with Crippen LogP contribution in [0.2, 0.25) is 0 Å². The monoisotopic (exact) mass is 382 g/mol. The number of ether oxygens (including phenoxy) is 1. The molecular weight excluding hydrogens is 356 g/mol. The van der Waals surface area contributed by atoms with E-state index in [0.29, 0.717) is 5.92 Å². The van der Waals surface area contributed by atoms with E-state index in [2.05, 4.69) is 48.3 Å². The number of aryl methyl sites for hydroxylation is 1. The van der Waals surface area contributed by atoms with Gasteiger partial charge < -0.3 is 10.1 Å². The molecule has 0 bridgehead atoms. The summed E-state index contributed by atoms with van der Waals surface area (Å²) in [5.74, 6) is 2.26. The van der Waals surface area contributed by atoms with Crippen molar-refractivity contribution in [3.05, 3.63) is 41.3 Å². The van der Waals surface area contributed by atoms with Crippen LogP contribution in [0.15, 0.2) is 36.4 Å². The molecule has 0 aliphatic carbocycles. The number of rotatable bonds is 6. The first kappa shape index (κ1) is 18.3. The van der Waals surface area contributed by atoms with E-state index in [1.54, 1.807) is 11.3 Å². The van der Waals surface area contributed by atoms with Crippen LogP contribution >= 0.6 is 11.3 Å². The highest BCUT2D eigenvalue weighted by Crippen LogP contribution is 2.29. The predicted octanol–water partition coefficient (Wildman–Crippen LogP) is 4.05. The zero-order chi connectivity index (χ0) is 18.6. The van der Waals surface area contributed by atoms with Gasteiger partial charge in [0.1, 0.15) is 5.82 Å². The van der Waals surface area contributed by atoms with E-state index in [-0.39, 0.29) is 0 Å². The van der Waals surface area contributed by atoms with E-state index in [0.717, 1.165) is 66.8 Å². The fourth-order valence-electron chi connectivity index (χ4n) is 3.44. The molecule has 1 aromatic carbocycles. The van der Waals surface area contributed by atoms with Crippen molar-refractivity contribution in [2.24, 2.45) is 5.92 Å². The first-order valence-corrected chi connectivity index (χ1v) is 10.4. The van der Waals surface area contributed by atoms with E-state index in [1.165, 1.54) is 4.88 Å². The summed E-state index contributed by atoms with van der Waals surface area (Å²) < 4.78 is 5.44. The summed E-state index contributed by atoms with van der Waals surface area (Å²) in [5.41, 5.74) is 0.983. The Labute approximate surface area is 164 Å². The molecule has 3 aromatic rings. The van der Waals surface area contributed by atoms with Crippen molar-refractivity contribution in [2.45, 2.75) is 13.8 Å². The first-order chi connectivity index (χ1) is 13.2. The summed E-state index contributed by atoms with van der Waals surface area (Å²) in [4.78, 5) is 14.5. The molecule has 0 amide bonds. The highest BCUT2D eigenvalue weighted by Gasteiger charge is 2.15. The number of aromatic nitrogens is 2. The molecule has 1 unspecified atom stereocenters. The van der Waals surface area contributed by atoms with Crippen molar-refractivity contribution >= 4 is 28.1 Å². The fraction of sp³-hybridized carbons (Fsp3) is 0.429. The maximum Gasteiger partial charge on any atom is 0.172 e. The van der Waals surface area contributed by atoms with Crippen LogP contribution in [0.1, 0.15) is 11.8 Å². The Morgan fingerprint density at radius 2 is 1.96 bits per heavy atom. The van der Waals surface area contributed by atoms with Gasteiger partial charge in [-0.15, -0.1) is 11.3 Å². The Hall–Kier alpha value is -2.02. The smallest absolute Gasteiger partial charge is 0.172 e. The Kier molecular flexibility index (Phi) is 5.66. The lowest BCUT2D eigenvalue weighted by atomic mass is 10.1. The van der Waals surface area contributed by atoms with Crippen LogP contribution in [0, 0.1) is 12.8 Å². The number of fused-ring (bicyclic) bond motifs is 1. The van der Waals surface area contributed by atoms with Crippen molar-refractivity contribution in [3.63, 3.8) is 0 Å². The van der Waals surface area contributed by atoms with E-state index in [9.17, 15) is 0 Å². The summed E-state index contributed by atoms with van der Waals surface area (Å²) in [5, 5.41) is 4.67. The van der Waals surface area contributed by atoms with Crippen molar-refractivity contribution in [1.82, 2.24) is 14.9 Å². The average molecular weight is 383 g/mol. The van der Waals surface area contributed by atoms with Gasteiger partial charge in [-0.3, -0.25) is 4.90 Å². The van der Waals surface area contributed by atoms with E-state index in [1.807, 2.05) is 12.1 Å². The molecule has 0 spiro atoms. The standard InChI is InChI=1S/C21H26N4OS/c1-15(14-25-9-11-26-12-10-25)13-22-20-17-5-3-4-6-18(17)23-21(24-20)19-8-7-16(2)27-19/h3-8,15H,9-14H2,1-2H3,(H,22,23,24). The van der Waals surface area contributed by atoms with Gasteiger partial charge in [0.05, 0.1) is 23.6 Å². The molecule has 4 rings (SSSR count). The SMILES string of the molecule is Cc1ccc(-c2nc(NCC(C)CN3CCOCC3)c3ccccc3n2)s1. The molecule has 1 saturated heterocycles. The fourth-order valence-corrected chi connectivity index (χ4v) is 4.24. The number of morpholine rings is 1. The number of thiophene rings is 1. The van der Waals surface area contributed by atoms with Crippen LogP contribution in [-0.2, 0) is 4.74 Å². The summed E-state index contributed by atoms with van der Waals surface area (Å²) >= 11 is 1.73. The molecule has 27 heavy (non-hydrogen) atoms. The summed E-state index contributed by atoms with van der Waals surface area (Å²) in [6, 6.07) is 12.5. The number of nitrogens with zero attached hydrogens (tertiary/aromatic N) is 3. The minimum absolute atomic E-state index is 0.532. The van der Waals surface area contributed by atoms with Crippen molar-refractivity contribution in [3.8, 4) is 10.7 Å². The first-order valence-electron chi connectivity index (χ1n) is 9.56. The molecule has 0 radical (unpaired) electrons. The van der Waals surface area contributed by atoms with Gasteiger partial charge >= 0.3 is 0 Å². The number of benzene rings is 1. The topological polar surface area (TPSA) is 50.3 Å². The van der Waals surface area contributed by atoms with Crippen molar-refractivity contribution in [2.75, 3.05) is 44.7 Å². The highest BCUT2D eigenvalue weighted by atomic mass is 32.1. The van der Waals surface area contributed by atoms with Crippen LogP contribution in [0.5, 0.6) is 0 Å². The molecule has 1 atom stereocenters. The molecule has 1 aliphatic rings. The van der Waals surface area contributed by atoms with Crippen molar-refractivity contribution in [1.29, 1.82) is 0 Å². The molecule has 0 saturated carbocycles. The normalized spacial score (nSPS) is 16.5. The number of hydrogen-bond donors (Lipinski definition) is 1. The molecule has 3 heterocycles. The van der Waals surface area contributed by atoms with Gasteiger partial charge in [0, 0.05) is 36.4 Å². The Morgan fingerprint density at radius 3 is 2.74 bits per heavy atom. The van der Waals surface area contributed by atoms with Gasteiger partial charge in [-0.2, -0.15) is 0 Å². The maximum atomic E-state index is 5.44. The molecule has 1 fully saturated rings. The lowest BCUT2D eigenvalue weighted by molar-refractivity contribution is 0.0325. The Balaban J connectivity index is 1.53. The maximum absolute atomic E-state index is 5.44. The van der Waals surface area contributed by atoms with Gasteiger partial charge in [-0.05, 0) is 37.1 Å². The van der Waals surface area contributed by atoms with E-state index >= 15 is 0 Å². The Bertz CT molecular complexity index is 904. The lowest BCUT2D eigenvalue weighted by Gasteiger charge is -2.29. The number of para-hydroxylation sites is 1. The number of nitrogens with one attached hydrogen (secondary N) is 1. The summed E-state index contributed by atoms with van der Waals surface area (Å²) in [6.45, 7) is 10.1. The second-order valence-electron chi connectivity index (χ2n) is 7.22. The quantitative estimate of drug-likeness (QED) is 0.697. The van der Waals surface area contributed by atoms with Crippen molar-refractivity contribution < 1.29 is 4.74 Å². The zero-order valence-electron chi connectivity index (χ0n) is 15.9. The van der Waals surface area contributed by atoms with Crippen LogP contribution in [0.25, 0.3) is 21.6 Å². The third-order valence-corrected chi connectivity index (χ3v) is 5.85. The molecular formula is C21H26N4OS. The molecule has 5 nitrogen and oxygen atoms in total. The van der Waals surface area contributed by atoms with Crippen LogP contribution < -0.4 is 5.32 Å². The minimum Gasteiger partial charge on any atom is -0.379 e. The highest BCUT2D eigenvalue weighted by molar-refractivity contribution is 7.15. The van der Waals surface area contributed by atoms with Gasteiger partial charge in [-0.1, -0.05) is 19.1 Å². The lowest BCUT2D eigenvalue weighted by Crippen LogP contribution is -2.40. The third kappa shape index (κ3) is 4.46. The van der Waals surface area contributed by atoms with Gasteiger partial charge in [0.15, 0.2) is 5.82 Å². The number of anilines is 1. The average Bonchev–Trinajstić information content (AvgIpc) is 3.13.